The Balaban J connectivity index is 1.50. The first kappa shape index (κ1) is 16.4. The molecular formula is C19H27NO3S. The Bertz CT molecular complexity index is 724. The lowest BCUT2D eigenvalue weighted by Crippen LogP contribution is -2.68. The Morgan fingerprint density at radius 1 is 1.33 bits per heavy atom. The van der Waals surface area contributed by atoms with E-state index in [1.165, 1.54) is 19.3 Å². The average molecular weight is 349 g/mol. The number of anilines is 1. The number of fused-ring (bicyclic) bond motifs is 2. The highest BCUT2D eigenvalue weighted by Crippen LogP contribution is 2.63. The van der Waals surface area contributed by atoms with E-state index in [0.717, 1.165) is 24.3 Å². The second-order valence-corrected chi connectivity index (χ2v) is 10.6. The van der Waals surface area contributed by atoms with Gasteiger partial charge < -0.3 is 10.1 Å². The molecule has 5 heteroatoms. The van der Waals surface area contributed by atoms with Crippen LogP contribution in [-0.4, -0.2) is 32.4 Å². The molecule has 24 heavy (non-hydrogen) atoms. The molecule has 3 fully saturated rings. The molecule has 1 aliphatic heterocycles. The number of rotatable bonds is 5. The molecule has 1 N–H and O–H groups in total. The molecule has 1 spiro atoms. The summed E-state index contributed by atoms with van der Waals surface area (Å²) >= 11 is 0. The van der Waals surface area contributed by atoms with Crippen molar-refractivity contribution in [1.29, 1.82) is 0 Å². The van der Waals surface area contributed by atoms with Gasteiger partial charge in [-0.15, -0.1) is 0 Å². The molecule has 2 aliphatic carbocycles. The number of hydrogen-bond acceptors (Lipinski definition) is 4. The van der Waals surface area contributed by atoms with Gasteiger partial charge in [-0.25, -0.2) is 8.42 Å². The smallest absolute Gasteiger partial charge is 0.156 e. The van der Waals surface area contributed by atoms with Crippen LogP contribution in [0, 0.1) is 11.3 Å². The van der Waals surface area contributed by atoms with Crippen LogP contribution in [-0.2, 0) is 20.3 Å². The minimum absolute atomic E-state index is 0.116. The zero-order chi connectivity index (χ0) is 16.9. The largest absolute Gasteiger partial charge is 0.381 e. The van der Waals surface area contributed by atoms with E-state index in [0.29, 0.717) is 23.5 Å². The summed E-state index contributed by atoms with van der Waals surface area (Å²) < 4.78 is 30.3. The summed E-state index contributed by atoms with van der Waals surface area (Å²) in [6.45, 7) is 4.38. The SMILES string of the molecule is CC(C)S(=O)(=O)Cc1cccc(N[C@@H]2[C@H]3CCO[C@@H]3C23CCC3)c1. The quantitative estimate of drug-likeness (QED) is 0.885. The van der Waals surface area contributed by atoms with E-state index in [1.807, 2.05) is 18.2 Å². The molecule has 1 aromatic rings. The van der Waals surface area contributed by atoms with Gasteiger partial charge in [0.2, 0.25) is 0 Å². The van der Waals surface area contributed by atoms with Crippen LogP contribution in [0.1, 0.15) is 45.1 Å². The average Bonchev–Trinajstić information content (AvgIpc) is 2.88. The van der Waals surface area contributed by atoms with Gasteiger partial charge in [0.15, 0.2) is 9.84 Å². The van der Waals surface area contributed by atoms with E-state index >= 15 is 0 Å². The fourth-order valence-electron chi connectivity index (χ4n) is 4.79. The molecule has 1 heterocycles. The minimum atomic E-state index is -3.07. The molecule has 3 atom stereocenters. The summed E-state index contributed by atoms with van der Waals surface area (Å²) in [6.07, 6.45) is 5.41. The molecule has 0 amide bonds. The van der Waals surface area contributed by atoms with Gasteiger partial charge in [0.05, 0.1) is 17.1 Å². The molecule has 1 saturated heterocycles. The van der Waals surface area contributed by atoms with Crippen LogP contribution in [0.3, 0.4) is 0 Å². The van der Waals surface area contributed by atoms with Crippen molar-refractivity contribution in [3.05, 3.63) is 29.8 Å². The van der Waals surface area contributed by atoms with Crippen LogP contribution in [0.4, 0.5) is 5.69 Å². The van der Waals surface area contributed by atoms with Crippen LogP contribution in [0.15, 0.2) is 24.3 Å². The monoisotopic (exact) mass is 349 g/mol. The third-order valence-electron chi connectivity index (χ3n) is 6.37. The topological polar surface area (TPSA) is 55.4 Å². The summed E-state index contributed by atoms with van der Waals surface area (Å²) in [5, 5.41) is 3.39. The highest BCUT2D eigenvalue weighted by Gasteiger charge is 2.66. The molecule has 3 aliphatic rings. The zero-order valence-corrected chi connectivity index (χ0v) is 15.3. The Morgan fingerprint density at radius 2 is 2.12 bits per heavy atom. The van der Waals surface area contributed by atoms with Gasteiger partial charge in [-0.05, 0) is 50.8 Å². The van der Waals surface area contributed by atoms with E-state index < -0.39 is 9.84 Å². The molecule has 0 radical (unpaired) electrons. The van der Waals surface area contributed by atoms with E-state index in [2.05, 4.69) is 11.4 Å². The molecule has 0 aromatic heterocycles. The normalized spacial score (nSPS) is 30.7. The lowest BCUT2D eigenvalue weighted by molar-refractivity contribution is -0.158. The van der Waals surface area contributed by atoms with Crippen molar-refractivity contribution in [3.8, 4) is 0 Å². The molecule has 1 aromatic carbocycles. The number of ether oxygens (including phenoxy) is 1. The lowest BCUT2D eigenvalue weighted by atomic mass is 9.46. The maximum absolute atomic E-state index is 12.2. The molecular weight excluding hydrogens is 322 g/mol. The molecule has 4 nitrogen and oxygen atoms in total. The first-order valence-corrected chi connectivity index (χ1v) is 10.8. The van der Waals surface area contributed by atoms with Crippen LogP contribution in [0.25, 0.3) is 0 Å². The second kappa shape index (κ2) is 5.73. The Morgan fingerprint density at radius 3 is 2.79 bits per heavy atom. The summed E-state index contributed by atoms with van der Waals surface area (Å²) in [4.78, 5) is 0. The standard InChI is InChI=1S/C19H27NO3S/c1-13(2)24(21,22)12-14-5-3-6-15(11-14)20-17-16-7-10-23-18(16)19(17)8-4-9-19/h3,5-6,11,13,16-18,20H,4,7-10,12H2,1-2H3/t16-,17-,18+/m1/s1. The Hall–Kier alpha value is -1.07. The second-order valence-electron chi connectivity index (χ2n) is 8.01. The summed E-state index contributed by atoms with van der Waals surface area (Å²) in [5.74, 6) is 0.735. The molecule has 2 saturated carbocycles. The van der Waals surface area contributed by atoms with Gasteiger partial charge in [0, 0.05) is 29.7 Å². The predicted octanol–water partition coefficient (Wildman–Crippen LogP) is 3.38. The first-order valence-electron chi connectivity index (χ1n) is 9.11. The van der Waals surface area contributed by atoms with E-state index in [4.69, 9.17) is 4.74 Å². The van der Waals surface area contributed by atoms with Crippen LogP contribution >= 0.6 is 0 Å². The zero-order valence-electron chi connectivity index (χ0n) is 14.5. The van der Waals surface area contributed by atoms with Crippen molar-refractivity contribution in [2.45, 2.75) is 62.7 Å². The van der Waals surface area contributed by atoms with E-state index in [1.54, 1.807) is 13.8 Å². The fraction of sp³-hybridized carbons (Fsp3) is 0.684. The number of benzene rings is 1. The summed E-state index contributed by atoms with van der Waals surface area (Å²) in [7, 11) is -3.07. The molecule has 4 rings (SSSR count). The highest BCUT2D eigenvalue weighted by atomic mass is 32.2. The minimum Gasteiger partial charge on any atom is -0.381 e. The van der Waals surface area contributed by atoms with Crippen molar-refractivity contribution in [2.75, 3.05) is 11.9 Å². The van der Waals surface area contributed by atoms with Crippen molar-refractivity contribution in [1.82, 2.24) is 0 Å². The van der Waals surface area contributed by atoms with Gasteiger partial charge in [0.1, 0.15) is 0 Å². The highest BCUT2D eigenvalue weighted by molar-refractivity contribution is 7.91. The summed E-state index contributed by atoms with van der Waals surface area (Å²) in [5.41, 5.74) is 2.25. The molecule has 0 bridgehead atoms. The van der Waals surface area contributed by atoms with Gasteiger partial charge >= 0.3 is 0 Å². The third kappa shape index (κ3) is 2.48. The number of hydrogen-bond donors (Lipinski definition) is 1. The van der Waals surface area contributed by atoms with Crippen LogP contribution < -0.4 is 5.32 Å². The van der Waals surface area contributed by atoms with Crippen molar-refractivity contribution in [2.24, 2.45) is 11.3 Å². The molecule has 132 valence electrons. The van der Waals surface area contributed by atoms with Crippen molar-refractivity contribution in [3.63, 3.8) is 0 Å². The van der Waals surface area contributed by atoms with Gasteiger partial charge in [-0.3, -0.25) is 0 Å². The van der Waals surface area contributed by atoms with E-state index in [9.17, 15) is 8.42 Å². The molecule has 0 unspecified atom stereocenters. The fourth-order valence-corrected chi connectivity index (χ4v) is 5.76. The van der Waals surface area contributed by atoms with Gasteiger partial charge in [-0.1, -0.05) is 18.6 Å². The Labute approximate surface area is 144 Å². The lowest BCUT2D eigenvalue weighted by Gasteiger charge is -2.63. The van der Waals surface area contributed by atoms with Crippen molar-refractivity contribution < 1.29 is 13.2 Å². The number of sulfone groups is 1. The van der Waals surface area contributed by atoms with Crippen LogP contribution in [0.2, 0.25) is 0 Å². The maximum Gasteiger partial charge on any atom is 0.156 e. The predicted molar refractivity (Wildman–Crippen MR) is 95.7 cm³/mol. The number of nitrogens with one attached hydrogen (secondary N) is 1. The Kier molecular flexibility index (Phi) is 3.92. The third-order valence-corrected chi connectivity index (χ3v) is 8.54. The maximum atomic E-state index is 12.2. The van der Waals surface area contributed by atoms with Gasteiger partial charge in [-0.2, -0.15) is 0 Å². The van der Waals surface area contributed by atoms with E-state index in [-0.39, 0.29) is 11.0 Å². The van der Waals surface area contributed by atoms with Gasteiger partial charge in [0.25, 0.3) is 0 Å². The van der Waals surface area contributed by atoms with Crippen LogP contribution in [0.5, 0.6) is 0 Å². The first-order chi connectivity index (χ1) is 11.4. The summed E-state index contributed by atoms with van der Waals surface area (Å²) in [6, 6.07) is 8.42. The van der Waals surface area contributed by atoms with Crippen molar-refractivity contribution >= 4 is 15.5 Å².